The number of nitrogens with zero attached hydrogens (tertiary/aromatic N) is 1. The Morgan fingerprint density at radius 2 is 1.72 bits per heavy atom. The van der Waals surface area contributed by atoms with Crippen molar-refractivity contribution in [3.05, 3.63) is 23.8 Å². The number of aryl methyl sites for hydroxylation is 1. The van der Waals surface area contributed by atoms with Crippen LogP contribution in [0.4, 0.5) is 0 Å². The van der Waals surface area contributed by atoms with Crippen molar-refractivity contribution in [2.75, 3.05) is 13.4 Å². The van der Waals surface area contributed by atoms with Crippen LogP contribution in [0.3, 0.4) is 0 Å². The highest BCUT2D eigenvalue weighted by Crippen LogP contribution is 2.43. The van der Waals surface area contributed by atoms with Crippen LogP contribution in [0.2, 0.25) is 0 Å². The molecule has 0 aromatic heterocycles. The lowest BCUT2D eigenvalue weighted by Crippen LogP contribution is -2.49. The number of fused-ring (bicyclic) bond motifs is 2. The number of ether oxygens (including phenoxy) is 1. The molecule has 25 heavy (non-hydrogen) atoms. The summed E-state index contributed by atoms with van der Waals surface area (Å²) < 4.78 is 57.4. The van der Waals surface area contributed by atoms with Gasteiger partial charge >= 0.3 is 0 Å². The number of piperidine rings is 1. The lowest BCUT2D eigenvalue weighted by atomic mass is 10.1. The predicted molar refractivity (Wildman–Crippen MR) is 96.1 cm³/mol. The van der Waals surface area contributed by atoms with E-state index in [2.05, 4.69) is 0 Å². The van der Waals surface area contributed by atoms with Gasteiger partial charge in [0.15, 0.2) is 0 Å². The third-order valence-electron chi connectivity index (χ3n) is 5.42. The summed E-state index contributed by atoms with van der Waals surface area (Å²) in [6, 6.07) is 4.73. The highest BCUT2D eigenvalue weighted by Gasteiger charge is 2.49. The molecule has 1 aromatic carbocycles. The van der Waals surface area contributed by atoms with Crippen molar-refractivity contribution >= 4 is 19.9 Å². The van der Waals surface area contributed by atoms with Gasteiger partial charge in [-0.3, -0.25) is 0 Å². The lowest BCUT2D eigenvalue weighted by Gasteiger charge is -2.37. The van der Waals surface area contributed by atoms with Crippen molar-refractivity contribution in [1.82, 2.24) is 4.31 Å². The van der Waals surface area contributed by atoms with Crippen molar-refractivity contribution < 1.29 is 21.6 Å². The van der Waals surface area contributed by atoms with Crippen molar-refractivity contribution in [2.24, 2.45) is 0 Å². The number of benzene rings is 1. The summed E-state index contributed by atoms with van der Waals surface area (Å²) in [5.41, 5.74) is 0.928. The highest BCUT2D eigenvalue weighted by molar-refractivity contribution is 7.91. The Labute approximate surface area is 150 Å². The molecule has 8 heteroatoms. The maximum atomic E-state index is 13.3. The van der Waals surface area contributed by atoms with Crippen LogP contribution in [0.1, 0.15) is 38.2 Å². The first-order valence-corrected chi connectivity index (χ1v) is 12.0. The highest BCUT2D eigenvalue weighted by atomic mass is 32.2. The molecule has 2 heterocycles. The third-order valence-corrected chi connectivity index (χ3v) is 9.04. The van der Waals surface area contributed by atoms with Crippen LogP contribution in [-0.2, 0) is 26.3 Å². The van der Waals surface area contributed by atoms with Crippen LogP contribution in [0, 0.1) is 0 Å². The first kappa shape index (κ1) is 18.7. The minimum atomic E-state index is -3.73. The summed E-state index contributed by atoms with van der Waals surface area (Å²) in [4.78, 5) is 0.184. The van der Waals surface area contributed by atoms with Crippen LogP contribution in [0.5, 0.6) is 5.75 Å². The van der Waals surface area contributed by atoms with Crippen LogP contribution >= 0.6 is 0 Å². The molecule has 2 saturated heterocycles. The standard InChI is InChI=1S/C17H25NO5S2/c1-4-12-5-8-16(23-2)17(9-12)25(21,22)18-13-6-7-14(18)11-15(10-13)24(3,19)20/h5,8-9,13-15H,4,6-7,10-11H2,1-3H3. The van der Waals surface area contributed by atoms with Gasteiger partial charge in [-0.15, -0.1) is 0 Å². The van der Waals surface area contributed by atoms with Crippen LogP contribution in [0.25, 0.3) is 0 Å². The molecule has 2 aliphatic heterocycles. The molecular formula is C17H25NO5S2. The second-order valence-corrected chi connectivity index (χ2v) is 11.1. The Hall–Kier alpha value is -1.12. The second kappa shape index (κ2) is 6.55. The van der Waals surface area contributed by atoms with Gasteiger partial charge in [0.25, 0.3) is 0 Å². The smallest absolute Gasteiger partial charge is 0.247 e. The van der Waals surface area contributed by atoms with Gasteiger partial charge in [0, 0.05) is 18.3 Å². The molecule has 0 radical (unpaired) electrons. The number of hydrogen-bond acceptors (Lipinski definition) is 5. The van der Waals surface area contributed by atoms with E-state index in [4.69, 9.17) is 4.74 Å². The maximum absolute atomic E-state index is 13.3. The van der Waals surface area contributed by atoms with Crippen molar-refractivity contribution in [3.8, 4) is 5.75 Å². The average molecular weight is 388 g/mol. The van der Waals surface area contributed by atoms with E-state index in [0.717, 1.165) is 12.0 Å². The van der Waals surface area contributed by atoms with Crippen molar-refractivity contribution in [1.29, 1.82) is 0 Å². The van der Waals surface area contributed by atoms with E-state index >= 15 is 0 Å². The molecule has 0 amide bonds. The zero-order valence-corrected chi connectivity index (χ0v) is 16.4. The molecule has 0 spiro atoms. The Morgan fingerprint density at radius 1 is 1.12 bits per heavy atom. The first-order valence-electron chi connectivity index (χ1n) is 8.57. The quantitative estimate of drug-likeness (QED) is 0.772. The second-order valence-electron chi connectivity index (χ2n) is 6.98. The Bertz CT molecular complexity index is 849. The Morgan fingerprint density at radius 3 is 2.20 bits per heavy atom. The maximum Gasteiger partial charge on any atom is 0.247 e. The number of sulfone groups is 1. The molecule has 6 nitrogen and oxygen atoms in total. The summed E-state index contributed by atoms with van der Waals surface area (Å²) >= 11 is 0. The van der Waals surface area contributed by atoms with E-state index in [0.29, 0.717) is 31.4 Å². The van der Waals surface area contributed by atoms with E-state index in [9.17, 15) is 16.8 Å². The normalized spacial score (nSPS) is 27.4. The molecule has 2 aliphatic rings. The molecule has 2 bridgehead atoms. The lowest BCUT2D eigenvalue weighted by molar-refractivity contribution is 0.248. The number of methoxy groups -OCH3 is 1. The monoisotopic (exact) mass is 387 g/mol. The van der Waals surface area contributed by atoms with E-state index in [1.165, 1.54) is 13.4 Å². The molecule has 3 rings (SSSR count). The fraction of sp³-hybridized carbons (Fsp3) is 0.647. The number of rotatable bonds is 5. The fourth-order valence-corrected chi connectivity index (χ4v) is 7.33. The summed E-state index contributed by atoms with van der Waals surface area (Å²) in [7, 11) is -5.42. The minimum absolute atomic E-state index is 0.184. The van der Waals surface area contributed by atoms with Gasteiger partial charge in [0.05, 0.1) is 12.4 Å². The van der Waals surface area contributed by atoms with E-state index < -0.39 is 25.1 Å². The van der Waals surface area contributed by atoms with Crippen molar-refractivity contribution in [3.63, 3.8) is 0 Å². The third kappa shape index (κ3) is 3.31. The number of sulfonamides is 1. The van der Waals surface area contributed by atoms with Gasteiger partial charge in [-0.2, -0.15) is 4.31 Å². The van der Waals surface area contributed by atoms with E-state index in [-0.39, 0.29) is 17.0 Å². The topological polar surface area (TPSA) is 80.8 Å². The van der Waals surface area contributed by atoms with Crippen LogP contribution in [-0.4, -0.2) is 51.8 Å². The molecular weight excluding hydrogens is 362 g/mol. The summed E-state index contributed by atoms with van der Waals surface area (Å²) in [5, 5.41) is -0.444. The summed E-state index contributed by atoms with van der Waals surface area (Å²) in [6.07, 6.45) is 4.16. The van der Waals surface area contributed by atoms with Crippen molar-refractivity contribution in [2.45, 2.75) is 61.3 Å². The zero-order chi connectivity index (χ0) is 18.4. The molecule has 0 aliphatic carbocycles. The van der Waals surface area contributed by atoms with Gasteiger partial charge in [0.2, 0.25) is 10.0 Å². The molecule has 2 unspecified atom stereocenters. The fourth-order valence-electron chi connectivity index (χ4n) is 4.08. The molecule has 140 valence electrons. The molecule has 0 saturated carbocycles. The van der Waals surface area contributed by atoms with E-state index in [1.54, 1.807) is 16.4 Å². The molecule has 2 atom stereocenters. The first-order chi connectivity index (χ1) is 11.7. The van der Waals surface area contributed by atoms with Gasteiger partial charge in [0.1, 0.15) is 20.5 Å². The summed E-state index contributed by atoms with van der Waals surface area (Å²) in [6.45, 7) is 1.97. The van der Waals surface area contributed by atoms with Gasteiger partial charge in [-0.1, -0.05) is 13.0 Å². The largest absolute Gasteiger partial charge is 0.495 e. The van der Waals surface area contributed by atoms with Crippen LogP contribution < -0.4 is 4.74 Å². The Kier molecular flexibility index (Phi) is 4.89. The van der Waals surface area contributed by atoms with Crippen LogP contribution in [0.15, 0.2) is 23.1 Å². The molecule has 0 N–H and O–H groups in total. The average Bonchev–Trinajstić information content (AvgIpc) is 2.84. The SMILES string of the molecule is CCc1ccc(OC)c(S(=O)(=O)N2C3CCC2CC(S(C)(=O)=O)C3)c1. The van der Waals surface area contributed by atoms with Gasteiger partial charge in [-0.25, -0.2) is 16.8 Å². The zero-order valence-electron chi connectivity index (χ0n) is 14.8. The molecule has 2 fully saturated rings. The van der Waals surface area contributed by atoms with Gasteiger partial charge in [-0.05, 0) is 49.8 Å². The van der Waals surface area contributed by atoms with Gasteiger partial charge < -0.3 is 4.74 Å². The van der Waals surface area contributed by atoms with E-state index in [1.807, 2.05) is 13.0 Å². The minimum Gasteiger partial charge on any atom is -0.495 e. The Balaban J connectivity index is 2.00. The predicted octanol–water partition coefficient (Wildman–Crippen LogP) is 1.99. The number of hydrogen-bond donors (Lipinski definition) is 0. The summed E-state index contributed by atoms with van der Waals surface area (Å²) in [5.74, 6) is 0.335. The molecule has 1 aromatic rings.